The smallest absolute Gasteiger partial charge is 0.151 e. The van der Waals surface area contributed by atoms with Crippen molar-refractivity contribution in [3.8, 4) is 0 Å². The zero-order chi connectivity index (χ0) is 11.5. The summed E-state index contributed by atoms with van der Waals surface area (Å²) in [5.74, 6) is 1.52. The van der Waals surface area contributed by atoms with Crippen LogP contribution < -0.4 is 10.6 Å². The number of rotatable bonds is 3. The molecule has 16 heavy (non-hydrogen) atoms. The molecule has 0 radical (unpaired) electrons. The van der Waals surface area contributed by atoms with Crippen LogP contribution in [0.5, 0.6) is 0 Å². The van der Waals surface area contributed by atoms with Crippen LogP contribution in [0.25, 0.3) is 0 Å². The molecule has 2 heterocycles. The van der Waals surface area contributed by atoms with E-state index in [1.807, 2.05) is 19.2 Å². The van der Waals surface area contributed by atoms with E-state index in [2.05, 4.69) is 9.88 Å². The molecule has 0 spiro atoms. The molecule has 4 heteroatoms. The van der Waals surface area contributed by atoms with E-state index in [0.717, 1.165) is 43.2 Å². The predicted molar refractivity (Wildman–Crippen MR) is 65.6 cm³/mol. The number of aryl methyl sites for hydroxylation is 1. The van der Waals surface area contributed by atoms with Gasteiger partial charge < -0.3 is 15.4 Å². The molecule has 0 aliphatic carbocycles. The third-order valence-corrected chi connectivity index (χ3v) is 3.02. The van der Waals surface area contributed by atoms with Crippen LogP contribution in [0.15, 0.2) is 12.3 Å². The number of methoxy groups -OCH3 is 1. The molecule has 2 rings (SSSR count). The molecule has 1 atom stereocenters. The number of pyridine rings is 1. The van der Waals surface area contributed by atoms with Gasteiger partial charge in [0.15, 0.2) is 5.82 Å². The van der Waals surface area contributed by atoms with Gasteiger partial charge in [-0.05, 0) is 25.0 Å². The molecule has 0 aromatic carbocycles. The highest BCUT2D eigenvalue weighted by Crippen LogP contribution is 2.27. The molecule has 88 valence electrons. The lowest BCUT2D eigenvalue weighted by Crippen LogP contribution is -2.23. The van der Waals surface area contributed by atoms with Gasteiger partial charge in [0.1, 0.15) is 0 Å². The van der Waals surface area contributed by atoms with Crippen molar-refractivity contribution in [3.05, 3.63) is 17.8 Å². The third kappa shape index (κ3) is 2.27. The van der Waals surface area contributed by atoms with Crippen molar-refractivity contribution in [3.63, 3.8) is 0 Å². The number of nitrogens with two attached hydrogens (primary N) is 1. The van der Waals surface area contributed by atoms with Gasteiger partial charge in [-0.1, -0.05) is 0 Å². The third-order valence-electron chi connectivity index (χ3n) is 3.02. The predicted octanol–water partition coefficient (Wildman–Crippen LogP) is 1.44. The molecule has 4 nitrogen and oxygen atoms in total. The Balaban J connectivity index is 2.08. The first kappa shape index (κ1) is 11.2. The number of nitrogen functional groups attached to an aromatic ring is 1. The van der Waals surface area contributed by atoms with Gasteiger partial charge in [-0.15, -0.1) is 0 Å². The topological polar surface area (TPSA) is 51.4 Å². The molecular weight excluding hydrogens is 202 g/mol. The Bertz CT molecular complexity index is 367. The fourth-order valence-electron chi connectivity index (χ4n) is 2.25. The molecule has 0 bridgehead atoms. The van der Waals surface area contributed by atoms with Gasteiger partial charge in [0.25, 0.3) is 0 Å². The van der Waals surface area contributed by atoms with E-state index in [-0.39, 0.29) is 0 Å². The Kier molecular flexibility index (Phi) is 3.29. The summed E-state index contributed by atoms with van der Waals surface area (Å²) in [6.07, 6.45) is 3.03. The van der Waals surface area contributed by atoms with Crippen LogP contribution in [-0.2, 0) is 4.74 Å². The summed E-state index contributed by atoms with van der Waals surface area (Å²) in [5, 5.41) is 0. The fraction of sp³-hybridized carbons (Fsp3) is 0.583. The van der Waals surface area contributed by atoms with Crippen LogP contribution >= 0.6 is 0 Å². The molecule has 1 aromatic heterocycles. The molecule has 1 fully saturated rings. The van der Waals surface area contributed by atoms with Crippen LogP contribution in [0, 0.1) is 12.8 Å². The molecule has 2 N–H and O–H groups in total. The molecule has 1 aliphatic heterocycles. The SMILES string of the molecule is COCC1CCN(c2ncc(C)cc2N)C1. The molecule has 0 amide bonds. The summed E-state index contributed by atoms with van der Waals surface area (Å²) in [6.45, 7) is 4.84. The van der Waals surface area contributed by atoms with Crippen molar-refractivity contribution < 1.29 is 4.74 Å². The van der Waals surface area contributed by atoms with Crippen molar-refractivity contribution in [2.75, 3.05) is 37.4 Å². The Hall–Kier alpha value is -1.29. The van der Waals surface area contributed by atoms with Crippen LogP contribution in [0.2, 0.25) is 0 Å². The largest absolute Gasteiger partial charge is 0.396 e. The normalized spacial score (nSPS) is 20.4. The second kappa shape index (κ2) is 4.70. The molecule has 0 saturated carbocycles. The highest BCUT2D eigenvalue weighted by Gasteiger charge is 2.24. The van der Waals surface area contributed by atoms with Crippen molar-refractivity contribution in [1.82, 2.24) is 4.98 Å². The second-order valence-electron chi connectivity index (χ2n) is 4.48. The van der Waals surface area contributed by atoms with Crippen molar-refractivity contribution in [2.45, 2.75) is 13.3 Å². The van der Waals surface area contributed by atoms with Crippen molar-refractivity contribution in [2.24, 2.45) is 5.92 Å². The zero-order valence-electron chi connectivity index (χ0n) is 9.94. The summed E-state index contributed by atoms with van der Waals surface area (Å²) >= 11 is 0. The summed E-state index contributed by atoms with van der Waals surface area (Å²) in [5.41, 5.74) is 7.87. The van der Waals surface area contributed by atoms with E-state index in [1.165, 1.54) is 0 Å². The van der Waals surface area contributed by atoms with Gasteiger partial charge in [-0.3, -0.25) is 0 Å². The number of hydrogen-bond donors (Lipinski definition) is 1. The summed E-state index contributed by atoms with van der Waals surface area (Å²) in [7, 11) is 1.75. The summed E-state index contributed by atoms with van der Waals surface area (Å²) < 4.78 is 5.18. The average molecular weight is 221 g/mol. The fourth-order valence-corrected chi connectivity index (χ4v) is 2.25. The number of aromatic nitrogens is 1. The Morgan fingerprint density at radius 1 is 1.62 bits per heavy atom. The molecule has 1 saturated heterocycles. The van der Waals surface area contributed by atoms with E-state index in [0.29, 0.717) is 5.92 Å². The minimum Gasteiger partial charge on any atom is -0.396 e. The first-order chi connectivity index (χ1) is 7.70. The maximum absolute atomic E-state index is 5.99. The van der Waals surface area contributed by atoms with Crippen LogP contribution in [0.1, 0.15) is 12.0 Å². The van der Waals surface area contributed by atoms with Gasteiger partial charge in [0, 0.05) is 32.3 Å². The van der Waals surface area contributed by atoms with Gasteiger partial charge in [0.2, 0.25) is 0 Å². The number of ether oxygens (including phenoxy) is 1. The van der Waals surface area contributed by atoms with Gasteiger partial charge in [-0.25, -0.2) is 4.98 Å². The van der Waals surface area contributed by atoms with E-state index in [4.69, 9.17) is 10.5 Å². The monoisotopic (exact) mass is 221 g/mol. The van der Waals surface area contributed by atoms with Crippen LogP contribution in [0.3, 0.4) is 0 Å². The number of anilines is 2. The average Bonchev–Trinajstić information content (AvgIpc) is 2.67. The molecule has 1 aromatic rings. The van der Waals surface area contributed by atoms with Gasteiger partial charge >= 0.3 is 0 Å². The van der Waals surface area contributed by atoms with E-state index >= 15 is 0 Å². The maximum Gasteiger partial charge on any atom is 0.151 e. The minimum absolute atomic E-state index is 0.604. The van der Waals surface area contributed by atoms with Gasteiger partial charge in [0.05, 0.1) is 12.3 Å². The lowest BCUT2D eigenvalue weighted by atomic mass is 10.1. The van der Waals surface area contributed by atoms with E-state index in [9.17, 15) is 0 Å². The van der Waals surface area contributed by atoms with Crippen LogP contribution in [-0.4, -0.2) is 31.8 Å². The number of hydrogen-bond acceptors (Lipinski definition) is 4. The first-order valence-corrected chi connectivity index (χ1v) is 5.66. The Morgan fingerprint density at radius 3 is 3.12 bits per heavy atom. The minimum atomic E-state index is 0.604. The molecular formula is C12H19N3O. The first-order valence-electron chi connectivity index (χ1n) is 5.66. The van der Waals surface area contributed by atoms with E-state index in [1.54, 1.807) is 7.11 Å². The molecule has 1 aliphatic rings. The molecule has 1 unspecified atom stereocenters. The van der Waals surface area contributed by atoms with Crippen molar-refractivity contribution in [1.29, 1.82) is 0 Å². The second-order valence-corrected chi connectivity index (χ2v) is 4.48. The van der Waals surface area contributed by atoms with Gasteiger partial charge in [-0.2, -0.15) is 0 Å². The summed E-state index contributed by atoms with van der Waals surface area (Å²) in [4.78, 5) is 6.66. The van der Waals surface area contributed by atoms with Crippen molar-refractivity contribution >= 4 is 11.5 Å². The quantitative estimate of drug-likeness (QED) is 0.839. The lowest BCUT2D eigenvalue weighted by Gasteiger charge is -2.19. The standard InChI is InChI=1S/C12H19N3O/c1-9-5-11(13)12(14-6-9)15-4-3-10(7-15)8-16-2/h5-6,10H,3-4,7-8,13H2,1-2H3. The Morgan fingerprint density at radius 2 is 2.44 bits per heavy atom. The zero-order valence-corrected chi connectivity index (χ0v) is 9.94. The highest BCUT2D eigenvalue weighted by atomic mass is 16.5. The highest BCUT2D eigenvalue weighted by molar-refractivity contribution is 5.63. The van der Waals surface area contributed by atoms with E-state index < -0.39 is 0 Å². The summed E-state index contributed by atoms with van der Waals surface area (Å²) in [6, 6.07) is 1.98. The van der Waals surface area contributed by atoms with Crippen LogP contribution in [0.4, 0.5) is 11.5 Å². The number of nitrogens with zero attached hydrogens (tertiary/aromatic N) is 2. The lowest BCUT2D eigenvalue weighted by molar-refractivity contribution is 0.161. The Labute approximate surface area is 96.4 Å². The maximum atomic E-state index is 5.99.